The highest BCUT2D eigenvalue weighted by Gasteiger charge is 2.57. The van der Waals surface area contributed by atoms with Crippen LogP contribution in [-0.4, -0.2) is 30.2 Å². The van der Waals surface area contributed by atoms with Crippen molar-refractivity contribution in [3.8, 4) is 0 Å². The number of Topliss-reactive ketones (excluding diaryl/α,β-unsaturated/α-hetero) is 1. The predicted molar refractivity (Wildman–Crippen MR) is 64.5 cm³/mol. The van der Waals surface area contributed by atoms with Crippen molar-refractivity contribution in [2.45, 2.75) is 25.3 Å². The molecule has 2 amide bonds. The fourth-order valence-electron chi connectivity index (χ4n) is 1.44. The molecule has 10 heteroatoms. The number of urea groups is 1. The van der Waals surface area contributed by atoms with E-state index >= 15 is 0 Å². The molecule has 0 heterocycles. The number of hydrogen-bond acceptors (Lipinski definition) is 2. The van der Waals surface area contributed by atoms with Gasteiger partial charge in [-0.05, 0) is 31.2 Å². The number of ketones is 1. The number of anilines is 1. The first-order valence-corrected chi connectivity index (χ1v) is 5.73. The van der Waals surface area contributed by atoms with Crippen molar-refractivity contribution >= 4 is 17.5 Å². The Morgan fingerprint density at radius 2 is 1.41 bits per heavy atom. The third-order valence-corrected chi connectivity index (χ3v) is 2.48. The van der Waals surface area contributed by atoms with E-state index in [0.29, 0.717) is 0 Å². The van der Waals surface area contributed by atoms with Crippen molar-refractivity contribution in [1.82, 2.24) is 5.32 Å². The van der Waals surface area contributed by atoms with Crippen LogP contribution >= 0.6 is 0 Å². The number of alkyl halides is 6. The summed E-state index contributed by atoms with van der Waals surface area (Å²) in [5, 5.41) is 2.64. The molecule has 1 aromatic carbocycles. The number of rotatable bonds is 3. The zero-order valence-electron chi connectivity index (χ0n) is 11.0. The Morgan fingerprint density at radius 1 is 0.955 bits per heavy atom. The lowest BCUT2D eigenvalue weighted by molar-refractivity contribution is -0.255. The summed E-state index contributed by atoms with van der Waals surface area (Å²) in [6.07, 6.45) is -11.3. The van der Waals surface area contributed by atoms with Gasteiger partial charge in [0.05, 0.1) is 0 Å². The Bertz CT molecular complexity index is 536. The van der Waals surface area contributed by atoms with Crippen LogP contribution < -0.4 is 10.6 Å². The summed E-state index contributed by atoms with van der Waals surface area (Å²) in [5.74, 6) is -0.287. The number of carbonyl (C=O) groups is 2. The smallest absolute Gasteiger partial charge is 0.318 e. The van der Waals surface area contributed by atoms with E-state index in [2.05, 4.69) is 0 Å². The van der Waals surface area contributed by atoms with Crippen LogP contribution in [0.3, 0.4) is 0 Å². The Labute approximate surface area is 120 Å². The van der Waals surface area contributed by atoms with E-state index in [9.17, 15) is 35.9 Å². The van der Waals surface area contributed by atoms with Crippen LogP contribution in [0.15, 0.2) is 24.3 Å². The van der Waals surface area contributed by atoms with Gasteiger partial charge in [-0.2, -0.15) is 26.3 Å². The van der Waals surface area contributed by atoms with Gasteiger partial charge < -0.3 is 10.6 Å². The molecule has 0 aromatic heterocycles. The quantitative estimate of drug-likeness (QED) is 0.659. The van der Waals surface area contributed by atoms with Crippen molar-refractivity contribution in [3.63, 3.8) is 0 Å². The molecule has 0 unspecified atom stereocenters. The SMILES string of the molecule is CC(=O)c1ccc(NC(=O)NC(C(F)(F)F)C(F)(F)F)cc1. The molecule has 0 atom stereocenters. The largest absolute Gasteiger partial charge is 0.417 e. The summed E-state index contributed by atoms with van der Waals surface area (Å²) in [6, 6.07) is -0.767. The monoisotopic (exact) mass is 328 g/mol. The van der Waals surface area contributed by atoms with Crippen LogP contribution in [-0.2, 0) is 0 Å². The minimum Gasteiger partial charge on any atom is -0.318 e. The van der Waals surface area contributed by atoms with Crippen molar-refractivity contribution in [1.29, 1.82) is 0 Å². The molecule has 0 fully saturated rings. The van der Waals surface area contributed by atoms with Crippen molar-refractivity contribution < 1.29 is 35.9 Å². The van der Waals surface area contributed by atoms with Crippen molar-refractivity contribution in [3.05, 3.63) is 29.8 Å². The normalized spacial score (nSPS) is 12.2. The Balaban J connectivity index is 2.78. The van der Waals surface area contributed by atoms with Crippen LogP contribution in [0.5, 0.6) is 0 Å². The molecule has 22 heavy (non-hydrogen) atoms. The molecular weight excluding hydrogens is 318 g/mol. The third kappa shape index (κ3) is 4.93. The maximum atomic E-state index is 12.3. The van der Waals surface area contributed by atoms with Crippen LogP contribution in [0.1, 0.15) is 17.3 Å². The molecule has 0 aliphatic carbocycles. The zero-order chi connectivity index (χ0) is 17.1. The molecule has 1 rings (SSSR count). The van der Waals surface area contributed by atoms with Crippen molar-refractivity contribution in [2.24, 2.45) is 0 Å². The van der Waals surface area contributed by atoms with Crippen LogP contribution in [0.4, 0.5) is 36.8 Å². The second kappa shape index (κ2) is 6.24. The van der Waals surface area contributed by atoms with E-state index in [1.54, 1.807) is 0 Å². The van der Waals surface area contributed by atoms with Gasteiger partial charge in [0, 0.05) is 11.3 Å². The van der Waals surface area contributed by atoms with E-state index < -0.39 is 24.4 Å². The molecule has 4 nitrogen and oxygen atoms in total. The lowest BCUT2D eigenvalue weighted by Gasteiger charge is -2.23. The molecule has 0 spiro atoms. The average molecular weight is 328 g/mol. The summed E-state index contributed by atoms with van der Waals surface area (Å²) in [5.41, 5.74) is 0.208. The van der Waals surface area contributed by atoms with Gasteiger partial charge >= 0.3 is 18.4 Å². The molecule has 0 saturated carbocycles. The Kier molecular flexibility index (Phi) is 5.05. The topological polar surface area (TPSA) is 58.2 Å². The van der Waals surface area contributed by atoms with Gasteiger partial charge in [0.1, 0.15) is 0 Å². The minimum absolute atomic E-state index is 0.0643. The molecule has 2 N–H and O–H groups in total. The number of halogens is 6. The van der Waals surface area contributed by atoms with Gasteiger partial charge in [-0.3, -0.25) is 4.79 Å². The number of nitrogens with one attached hydrogen (secondary N) is 2. The summed E-state index contributed by atoms with van der Waals surface area (Å²) in [4.78, 5) is 22.2. The van der Waals surface area contributed by atoms with Gasteiger partial charge in [-0.15, -0.1) is 0 Å². The molecule has 0 bridgehead atoms. The molecule has 0 radical (unpaired) electrons. The maximum absolute atomic E-state index is 12.3. The first-order chi connectivity index (χ1) is 9.91. The van der Waals surface area contributed by atoms with Gasteiger partial charge in [0.25, 0.3) is 0 Å². The highest BCUT2D eigenvalue weighted by atomic mass is 19.4. The van der Waals surface area contributed by atoms with Crippen LogP contribution in [0.2, 0.25) is 0 Å². The average Bonchev–Trinajstić information content (AvgIpc) is 2.34. The highest BCUT2D eigenvalue weighted by Crippen LogP contribution is 2.33. The van der Waals surface area contributed by atoms with Gasteiger partial charge in [-0.25, -0.2) is 4.79 Å². The fraction of sp³-hybridized carbons (Fsp3) is 0.333. The summed E-state index contributed by atoms with van der Waals surface area (Å²) >= 11 is 0. The summed E-state index contributed by atoms with van der Waals surface area (Å²) in [6.45, 7) is 1.27. The minimum atomic E-state index is -5.67. The van der Waals surface area contributed by atoms with Gasteiger partial charge in [0.2, 0.25) is 6.04 Å². The van der Waals surface area contributed by atoms with E-state index in [-0.39, 0.29) is 17.0 Å². The first kappa shape index (κ1) is 17.8. The van der Waals surface area contributed by atoms with E-state index in [0.717, 1.165) is 5.32 Å². The van der Waals surface area contributed by atoms with Crippen LogP contribution in [0.25, 0.3) is 0 Å². The zero-order valence-corrected chi connectivity index (χ0v) is 11.0. The number of benzene rings is 1. The molecule has 0 saturated heterocycles. The van der Waals surface area contributed by atoms with Gasteiger partial charge in [0.15, 0.2) is 5.78 Å². The number of carbonyl (C=O) groups excluding carboxylic acids is 2. The Hall–Kier alpha value is -2.26. The summed E-state index contributed by atoms with van der Waals surface area (Å²) in [7, 11) is 0. The number of hydrogen-bond donors (Lipinski definition) is 2. The molecule has 1 aromatic rings. The summed E-state index contributed by atoms with van der Waals surface area (Å²) < 4.78 is 73.5. The molecule has 0 aliphatic rings. The third-order valence-electron chi connectivity index (χ3n) is 2.48. The van der Waals surface area contributed by atoms with E-state index in [1.807, 2.05) is 5.32 Å². The first-order valence-electron chi connectivity index (χ1n) is 5.73. The van der Waals surface area contributed by atoms with Crippen LogP contribution in [0, 0.1) is 0 Å². The molecule has 0 aliphatic heterocycles. The molecular formula is C12H10F6N2O2. The standard InChI is InChI=1S/C12H10F6N2O2/c1-6(21)7-2-4-8(5-3-7)19-10(22)20-9(11(13,14)15)12(16,17)18/h2-5,9H,1H3,(H2,19,20,22). The highest BCUT2D eigenvalue weighted by molar-refractivity contribution is 5.95. The maximum Gasteiger partial charge on any atom is 0.417 e. The van der Waals surface area contributed by atoms with Gasteiger partial charge in [-0.1, -0.05) is 0 Å². The lowest BCUT2D eigenvalue weighted by atomic mass is 10.1. The predicted octanol–water partition coefficient (Wildman–Crippen LogP) is 3.50. The number of amides is 2. The van der Waals surface area contributed by atoms with Crippen molar-refractivity contribution in [2.75, 3.05) is 5.32 Å². The Morgan fingerprint density at radius 3 is 1.77 bits per heavy atom. The fourth-order valence-corrected chi connectivity index (χ4v) is 1.44. The van der Waals surface area contributed by atoms with E-state index in [4.69, 9.17) is 0 Å². The second-order valence-corrected chi connectivity index (χ2v) is 4.25. The molecule has 122 valence electrons. The lowest BCUT2D eigenvalue weighted by Crippen LogP contribution is -2.55. The van der Waals surface area contributed by atoms with E-state index in [1.165, 1.54) is 31.2 Å². The second-order valence-electron chi connectivity index (χ2n) is 4.25.